The Labute approximate surface area is 162 Å². The summed E-state index contributed by atoms with van der Waals surface area (Å²) in [5, 5.41) is 2.78. The van der Waals surface area contributed by atoms with E-state index in [1.807, 2.05) is 36.4 Å². The topological polar surface area (TPSA) is 73.9 Å². The Kier molecular flexibility index (Phi) is 6.25. The van der Waals surface area contributed by atoms with Gasteiger partial charge >= 0.3 is 0 Å². The zero-order valence-corrected chi connectivity index (χ0v) is 15.3. The van der Waals surface area contributed by atoms with Gasteiger partial charge in [-0.1, -0.05) is 30.3 Å². The van der Waals surface area contributed by atoms with Gasteiger partial charge in [-0.15, -0.1) is 0 Å². The molecule has 0 spiro atoms. The van der Waals surface area contributed by atoms with Gasteiger partial charge in [0.1, 0.15) is 12.0 Å². The Bertz CT molecular complexity index is 956. The van der Waals surface area contributed by atoms with Crippen molar-refractivity contribution in [3.05, 3.63) is 78.4 Å². The first-order chi connectivity index (χ1) is 13.7. The van der Waals surface area contributed by atoms with Crippen LogP contribution >= 0.6 is 0 Å². The molecule has 6 heteroatoms. The Balaban J connectivity index is 1.65. The minimum absolute atomic E-state index is 0.226. The second kappa shape index (κ2) is 9.23. The monoisotopic (exact) mass is 377 g/mol. The fourth-order valence-electron chi connectivity index (χ4n) is 2.48. The highest BCUT2D eigenvalue weighted by Gasteiger charge is 2.11. The van der Waals surface area contributed by atoms with Gasteiger partial charge in [-0.05, 0) is 42.5 Å². The van der Waals surface area contributed by atoms with E-state index in [9.17, 15) is 9.59 Å². The summed E-state index contributed by atoms with van der Waals surface area (Å²) in [5.74, 6) is 1.59. The van der Waals surface area contributed by atoms with E-state index in [2.05, 4.69) is 5.32 Å². The average molecular weight is 377 g/mol. The predicted molar refractivity (Wildman–Crippen MR) is 105 cm³/mol. The lowest BCUT2D eigenvalue weighted by atomic mass is 10.2. The van der Waals surface area contributed by atoms with E-state index in [1.54, 1.807) is 36.4 Å². The summed E-state index contributed by atoms with van der Waals surface area (Å²) >= 11 is 0. The highest BCUT2D eigenvalue weighted by Crippen LogP contribution is 2.30. The summed E-state index contributed by atoms with van der Waals surface area (Å²) < 4.78 is 16.5. The van der Waals surface area contributed by atoms with Crippen LogP contribution in [-0.2, 0) is 4.79 Å². The molecule has 0 fully saturated rings. The maximum atomic E-state index is 12.3. The van der Waals surface area contributed by atoms with Crippen LogP contribution in [0.2, 0.25) is 0 Å². The average Bonchev–Trinajstić information content (AvgIpc) is 2.74. The number of para-hydroxylation sites is 3. The third kappa shape index (κ3) is 4.88. The minimum Gasteiger partial charge on any atom is -0.493 e. The highest BCUT2D eigenvalue weighted by molar-refractivity contribution is 5.93. The molecule has 0 aliphatic heterocycles. The van der Waals surface area contributed by atoms with E-state index in [-0.39, 0.29) is 12.5 Å². The molecule has 0 heterocycles. The zero-order valence-electron chi connectivity index (χ0n) is 15.3. The Hall–Kier alpha value is -3.80. The molecule has 0 saturated heterocycles. The molecular weight excluding hydrogens is 358 g/mol. The number of hydrogen-bond donors (Lipinski definition) is 1. The second-order valence-corrected chi connectivity index (χ2v) is 5.78. The van der Waals surface area contributed by atoms with Crippen molar-refractivity contribution in [3.8, 4) is 23.0 Å². The number of hydrogen-bond acceptors (Lipinski definition) is 5. The molecule has 0 atom stereocenters. The first-order valence-corrected chi connectivity index (χ1v) is 8.57. The molecule has 0 radical (unpaired) electrons. The third-order valence-electron chi connectivity index (χ3n) is 3.81. The molecule has 0 unspecified atom stereocenters. The summed E-state index contributed by atoms with van der Waals surface area (Å²) in [5.41, 5.74) is 0.990. The first-order valence-electron chi connectivity index (χ1n) is 8.57. The Morgan fingerprint density at radius 2 is 1.68 bits per heavy atom. The van der Waals surface area contributed by atoms with E-state index in [0.717, 1.165) is 0 Å². The van der Waals surface area contributed by atoms with Crippen LogP contribution in [0.1, 0.15) is 10.4 Å². The van der Waals surface area contributed by atoms with Crippen molar-refractivity contribution >= 4 is 17.9 Å². The van der Waals surface area contributed by atoms with Crippen LogP contribution in [0.4, 0.5) is 5.69 Å². The van der Waals surface area contributed by atoms with E-state index in [1.165, 1.54) is 7.11 Å². The molecule has 0 aliphatic rings. The molecule has 3 aromatic carbocycles. The molecule has 142 valence electrons. The van der Waals surface area contributed by atoms with Gasteiger partial charge in [-0.3, -0.25) is 9.59 Å². The first kappa shape index (κ1) is 19.0. The fourth-order valence-corrected chi connectivity index (χ4v) is 2.48. The SMILES string of the molecule is COc1cc(C=O)ccc1OCC(=O)Nc1ccccc1Oc1ccccc1. The van der Waals surface area contributed by atoms with Crippen molar-refractivity contribution in [2.24, 2.45) is 0 Å². The Morgan fingerprint density at radius 1 is 0.929 bits per heavy atom. The summed E-state index contributed by atoms with van der Waals surface area (Å²) in [6, 6.07) is 21.2. The maximum absolute atomic E-state index is 12.3. The van der Waals surface area contributed by atoms with Gasteiger partial charge in [-0.2, -0.15) is 0 Å². The van der Waals surface area contributed by atoms with Gasteiger partial charge in [0.25, 0.3) is 5.91 Å². The minimum atomic E-state index is -0.356. The van der Waals surface area contributed by atoms with Crippen LogP contribution < -0.4 is 19.5 Å². The normalized spacial score (nSPS) is 10.0. The van der Waals surface area contributed by atoms with Gasteiger partial charge in [0.05, 0.1) is 12.8 Å². The number of carbonyl (C=O) groups is 2. The molecule has 3 rings (SSSR count). The molecule has 0 aliphatic carbocycles. The number of nitrogens with one attached hydrogen (secondary N) is 1. The van der Waals surface area contributed by atoms with Crippen molar-refractivity contribution in [3.63, 3.8) is 0 Å². The summed E-state index contributed by atoms with van der Waals surface area (Å²) in [6.07, 6.45) is 0.711. The number of rotatable bonds is 8. The van der Waals surface area contributed by atoms with Crippen molar-refractivity contribution in [2.75, 3.05) is 19.0 Å². The molecule has 0 bridgehead atoms. The van der Waals surface area contributed by atoms with Crippen LogP contribution in [0.5, 0.6) is 23.0 Å². The van der Waals surface area contributed by atoms with Crippen molar-refractivity contribution in [2.45, 2.75) is 0 Å². The zero-order chi connectivity index (χ0) is 19.8. The third-order valence-corrected chi connectivity index (χ3v) is 3.81. The molecule has 3 aromatic rings. The summed E-state index contributed by atoms with van der Waals surface area (Å²) in [6.45, 7) is -0.226. The lowest BCUT2D eigenvalue weighted by molar-refractivity contribution is -0.118. The number of ether oxygens (including phenoxy) is 3. The molecule has 28 heavy (non-hydrogen) atoms. The standard InChI is InChI=1S/C22H19NO5/c1-26-21-13-16(14-24)11-12-20(21)27-15-22(25)23-18-9-5-6-10-19(18)28-17-7-3-2-4-8-17/h2-14H,15H2,1H3,(H,23,25). The predicted octanol–water partition coefficient (Wildman–Crippen LogP) is 4.32. The fraction of sp³-hybridized carbons (Fsp3) is 0.0909. The number of methoxy groups -OCH3 is 1. The molecule has 0 aromatic heterocycles. The van der Waals surface area contributed by atoms with Gasteiger partial charge in [-0.25, -0.2) is 0 Å². The van der Waals surface area contributed by atoms with Gasteiger partial charge in [0, 0.05) is 5.56 Å². The molecular formula is C22H19NO5. The van der Waals surface area contributed by atoms with E-state index >= 15 is 0 Å². The molecule has 1 N–H and O–H groups in total. The van der Waals surface area contributed by atoms with Crippen LogP contribution in [0.25, 0.3) is 0 Å². The molecule has 0 saturated carbocycles. The summed E-state index contributed by atoms with van der Waals surface area (Å²) in [7, 11) is 1.47. The van der Waals surface area contributed by atoms with Crippen LogP contribution in [0.3, 0.4) is 0 Å². The van der Waals surface area contributed by atoms with E-state index in [0.29, 0.717) is 40.5 Å². The maximum Gasteiger partial charge on any atom is 0.262 e. The smallest absolute Gasteiger partial charge is 0.262 e. The van der Waals surface area contributed by atoms with Gasteiger partial charge in [0.15, 0.2) is 23.9 Å². The van der Waals surface area contributed by atoms with E-state index < -0.39 is 0 Å². The van der Waals surface area contributed by atoms with Crippen molar-refractivity contribution in [1.29, 1.82) is 0 Å². The number of anilines is 1. The number of amides is 1. The summed E-state index contributed by atoms with van der Waals surface area (Å²) in [4.78, 5) is 23.2. The van der Waals surface area contributed by atoms with Crippen LogP contribution in [0, 0.1) is 0 Å². The number of aldehydes is 1. The number of carbonyl (C=O) groups excluding carboxylic acids is 2. The van der Waals surface area contributed by atoms with Gasteiger partial charge < -0.3 is 19.5 Å². The number of benzene rings is 3. The molecule has 1 amide bonds. The lowest BCUT2D eigenvalue weighted by Gasteiger charge is -2.13. The van der Waals surface area contributed by atoms with Crippen molar-refractivity contribution in [1.82, 2.24) is 0 Å². The molecule has 6 nitrogen and oxygen atoms in total. The largest absolute Gasteiger partial charge is 0.493 e. The van der Waals surface area contributed by atoms with Crippen LogP contribution in [0.15, 0.2) is 72.8 Å². The van der Waals surface area contributed by atoms with Gasteiger partial charge in [0.2, 0.25) is 0 Å². The Morgan fingerprint density at radius 3 is 2.43 bits per heavy atom. The van der Waals surface area contributed by atoms with Crippen LogP contribution in [-0.4, -0.2) is 25.9 Å². The quantitative estimate of drug-likeness (QED) is 0.592. The highest BCUT2D eigenvalue weighted by atomic mass is 16.5. The van der Waals surface area contributed by atoms with E-state index in [4.69, 9.17) is 14.2 Å². The second-order valence-electron chi connectivity index (χ2n) is 5.78. The lowest BCUT2D eigenvalue weighted by Crippen LogP contribution is -2.20. The van der Waals surface area contributed by atoms with Crippen molar-refractivity contribution < 1.29 is 23.8 Å².